The van der Waals surface area contributed by atoms with Gasteiger partial charge < -0.3 is 87.8 Å². The van der Waals surface area contributed by atoms with Gasteiger partial charge >= 0.3 is 5.97 Å². The van der Waals surface area contributed by atoms with Gasteiger partial charge in [-0.1, -0.05) is 111 Å². The number of hydrogen-bond acceptors (Lipinski definition) is 19. The molecule has 11 amide bonds. The predicted octanol–water partition coefficient (Wildman–Crippen LogP) is -1.71. The van der Waals surface area contributed by atoms with Crippen molar-refractivity contribution in [3.05, 3.63) is 35.9 Å². The van der Waals surface area contributed by atoms with E-state index in [0.717, 1.165) is 5.56 Å². The molecule has 14 N–H and O–H groups in total. The topological polar surface area (TPSA) is 419 Å². The molecule has 92 heavy (non-hydrogen) atoms. The molecular formula is C58H99N15O15P4. The van der Waals surface area contributed by atoms with Crippen LogP contribution < -0.4 is 69.3 Å². The van der Waals surface area contributed by atoms with E-state index in [4.69, 9.17) is 19.5 Å². The fourth-order valence-corrected chi connectivity index (χ4v) is 11.0. The number of benzene rings is 1. The van der Waals surface area contributed by atoms with Crippen LogP contribution in [0.3, 0.4) is 0 Å². The van der Waals surface area contributed by atoms with Gasteiger partial charge in [0.15, 0.2) is 5.96 Å². The molecule has 21 atom stereocenters. The van der Waals surface area contributed by atoms with Crippen LogP contribution in [0.15, 0.2) is 35.3 Å². The van der Waals surface area contributed by atoms with Gasteiger partial charge in [-0.05, 0) is 88.2 Å². The molecule has 1 saturated heterocycles. The number of likely N-dealkylation sites (N-methyl/N-ethyl adjacent to an activating group) is 1. The predicted molar refractivity (Wildman–Crippen MR) is 356 cm³/mol. The van der Waals surface area contributed by atoms with Crippen molar-refractivity contribution < 1.29 is 71.3 Å². The summed E-state index contributed by atoms with van der Waals surface area (Å²) in [5, 5.41) is 32.3. The second-order valence-corrected chi connectivity index (χ2v) is 24.9. The molecule has 2 aliphatic rings. The average molecular weight is 1370 g/mol. The zero-order valence-corrected chi connectivity index (χ0v) is 59.0. The number of guanidine groups is 1. The van der Waals surface area contributed by atoms with E-state index in [1.54, 1.807) is 60.2 Å². The monoisotopic (exact) mass is 1370 g/mol. The number of rotatable bonds is 34. The minimum absolute atomic E-state index is 0.0433. The maximum absolute atomic E-state index is 14.6. The molecule has 2 aliphatic heterocycles. The minimum Gasteiger partial charge on any atom is -0.458 e. The number of nitrogens with two attached hydrogens (primary N) is 1. The van der Waals surface area contributed by atoms with Crippen molar-refractivity contribution >= 4 is 115 Å². The Labute approximate surface area is 548 Å². The molecule has 0 aromatic heterocycles. The van der Waals surface area contributed by atoms with Crippen LogP contribution in [0.4, 0.5) is 0 Å². The molecule has 1 aromatic rings. The lowest BCUT2D eigenvalue weighted by Crippen LogP contribution is -2.63. The third-order valence-electron chi connectivity index (χ3n) is 16.7. The van der Waals surface area contributed by atoms with E-state index in [-0.39, 0.29) is 25.4 Å². The highest BCUT2D eigenvalue weighted by Gasteiger charge is 2.42. The van der Waals surface area contributed by atoms with Crippen molar-refractivity contribution in [2.45, 2.75) is 199 Å². The Hall–Kier alpha value is -6.27. The van der Waals surface area contributed by atoms with Gasteiger partial charge in [0.25, 0.3) is 0 Å². The molecule has 0 saturated carbocycles. The number of cyclic esters (lactones) is 1. The first-order chi connectivity index (χ1) is 43.5. The van der Waals surface area contributed by atoms with Crippen LogP contribution in [0, 0.1) is 23.7 Å². The Morgan fingerprint density at radius 2 is 1.15 bits per heavy atom. The number of hydrogen-bond donors (Lipinski definition) is 13. The fraction of sp³-hybridized carbons (Fsp3) is 0.672. The number of nitrogens with zero attached hydrogens (tertiary/aromatic N) is 2. The number of carbonyl (C=O) groups excluding carboxylic acids is 12. The summed E-state index contributed by atoms with van der Waals surface area (Å²) in [5.41, 5.74) is 6.39. The van der Waals surface area contributed by atoms with E-state index in [1.165, 1.54) is 13.8 Å². The lowest BCUT2D eigenvalue weighted by atomic mass is 9.94. The fourth-order valence-electron chi connectivity index (χ4n) is 9.85. The normalized spacial score (nSPS) is 22.3. The molecule has 0 bridgehead atoms. The van der Waals surface area contributed by atoms with Crippen molar-refractivity contribution in [3.63, 3.8) is 0 Å². The van der Waals surface area contributed by atoms with Crippen molar-refractivity contribution in [1.29, 1.82) is 0 Å². The Morgan fingerprint density at radius 3 is 1.63 bits per heavy atom. The molecule has 0 radical (unpaired) electrons. The molecule has 3 rings (SSSR count). The molecule has 1 aromatic carbocycles. The third kappa shape index (κ3) is 24.2. The smallest absolute Gasteiger partial charge is 0.329 e. The standard InChI is InChI=1S/C58H99N15O15P4/c1-12-28(5)42(68-49(77)37(60-11)23-34-19-17-16-18-20-34)53(81)65-39(26-86-91)51(79)63-36(21-22-41(59)74)48(76)67-44(30(7)14-3)55(83)69-43(29(6)13-2)54(82)66-40(27-87-92)52(80)71-46-33(10)88-57(85)45(31(8)15-4)70-50(78)38(64-47(75)32(9)62-56(46)84)24-35-25-61-58(72-89)73(35)90/h16-20,28-33,35-40,42-46,60H,12-15,21-27,89-92H2,1-11H3,(H2,59,74)(H,61,72)(H,62,84)(H,63,79)(H,64,75)(H,65,81)(H,66,82)(H,67,76)(H,68,77)(H,69,83)(H,70,78)(H,71,80)/t28-,29-,30-,31-,32-,33-,35-,36+,37+,38-,39-,40-,42-,43-,44+,45-,46+/m0/s1. The third-order valence-corrected chi connectivity index (χ3v) is 18.0. The molecule has 516 valence electrons. The van der Waals surface area contributed by atoms with Gasteiger partial charge in [-0.15, -0.1) is 0 Å². The first-order valence-corrected chi connectivity index (χ1v) is 33.0. The van der Waals surface area contributed by atoms with Crippen LogP contribution in [0.2, 0.25) is 0 Å². The zero-order valence-electron chi connectivity index (χ0n) is 54.4. The number of carbonyl (C=O) groups is 12. The number of aliphatic imine (C=N–C) groups is 1. The van der Waals surface area contributed by atoms with Crippen LogP contribution in [-0.4, -0.2) is 187 Å². The van der Waals surface area contributed by atoms with Gasteiger partial charge in [0.2, 0.25) is 65.0 Å². The van der Waals surface area contributed by atoms with Gasteiger partial charge in [0, 0.05) is 25.4 Å². The summed E-state index contributed by atoms with van der Waals surface area (Å²) in [5.74, 6) is -11.7. The first kappa shape index (κ1) is 80.0. The van der Waals surface area contributed by atoms with Gasteiger partial charge in [-0.2, -0.15) is 0 Å². The number of esters is 1. The van der Waals surface area contributed by atoms with E-state index >= 15 is 0 Å². The molecule has 0 spiro atoms. The highest BCUT2D eigenvalue weighted by molar-refractivity contribution is 7.17. The van der Waals surface area contributed by atoms with Crippen molar-refractivity contribution in [2.24, 2.45) is 34.4 Å². The van der Waals surface area contributed by atoms with Crippen LogP contribution >= 0.6 is 37.7 Å². The molecule has 34 heteroatoms. The van der Waals surface area contributed by atoms with Crippen LogP contribution in [0.1, 0.15) is 120 Å². The lowest BCUT2D eigenvalue weighted by molar-refractivity contribution is -0.157. The van der Waals surface area contributed by atoms with E-state index < -0.39 is 187 Å². The molecule has 4 unspecified atom stereocenters. The lowest BCUT2D eigenvalue weighted by Gasteiger charge is -2.32. The summed E-state index contributed by atoms with van der Waals surface area (Å²) in [6.45, 7) is 15.9. The molecule has 2 heterocycles. The SMILES string of the molecule is CC[C@H](C)[C@H](NC(=O)[C@@H](Cc1ccccc1)NC)C(=O)N[C@@H](COP)C(=O)N[C@H](CCC(N)=O)C(=O)N[C@@H](C(=O)N[C@H](C(=O)N[C@@H](COP)C(=O)N[C@H]1C(=O)N[C@@H](C)C(=O)N[C@@H](C[C@H]2CN=C(NP)N2P)C(=O)N[C@@H]([C@@H](C)CC)C(=O)O[C@H]1C)[C@@H](C)CC)[C@@H](C)CC. The molecule has 0 aliphatic carbocycles. The van der Waals surface area contributed by atoms with Crippen LogP contribution in [0.5, 0.6) is 0 Å². The van der Waals surface area contributed by atoms with Gasteiger partial charge in [-0.3, -0.25) is 57.7 Å². The van der Waals surface area contributed by atoms with E-state index in [2.05, 4.69) is 87.3 Å². The number of amides is 11. The summed E-state index contributed by atoms with van der Waals surface area (Å²) in [6.07, 6.45) is -0.428. The van der Waals surface area contributed by atoms with Crippen molar-refractivity contribution in [1.82, 2.24) is 68.2 Å². The summed E-state index contributed by atoms with van der Waals surface area (Å²) in [6, 6.07) is -5.86. The largest absolute Gasteiger partial charge is 0.458 e. The van der Waals surface area contributed by atoms with E-state index in [0.29, 0.717) is 38.1 Å². The maximum atomic E-state index is 14.6. The second-order valence-electron chi connectivity index (χ2n) is 23.4. The number of primary amides is 1. The summed E-state index contributed by atoms with van der Waals surface area (Å²) in [7, 11) is 10.4. The van der Waals surface area contributed by atoms with Crippen LogP contribution in [0.25, 0.3) is 0 Å². The highest BCUT2D eigenvalue weighted by Crippen LogP contribution is 2.22. The Bertz CT molecular complexity index is 2730. The average Bonchev–Trinajstić information content (AvgIpc) is 1.54. The molecule has 1 fully saturated rings. The van der Waals surface area contributed by atoms with Crippen LogP contribution in [-0.2, 0) is 77.7 Å². The van der Waals surface area contributed by atoms with Gasteiger partial charge in [0.1, 0.15) is 66.5 Å². The zero-order chi connectivity index (χ0) is 69.1. The maximum Gasteiger partial charge on any atom is 0.329 e. The summed E-state index contributed by atoms with van der Waals surface area (Å²) in [4.78, 5) is 172. The Morgan fingerprint density at radius 1 is 0.663 bits per heavy atom. The Balaban J connectivity index is 1.89. The minimum atomic E-state index is -1.72. The number of nitrogens with one attached hydrogen (secondary N) is 12. The number of ether oxygens (including phenoxy) is 1. The first-order valence-electron chi connectivity index (χ1n) is 31.0. The summed E-state index contributed by atoms with van der Waals surface area (Å²) >= 11 is 0. The van der Waals surface area contributed by atoms with Gasteiger partial charge in [0.05, 0.1) is 31.8 Å². The van der Waals surface area contributed by atoms with Crippen molar-refractivity contribution in [3.8, 4) is 0 Å². The molecular weight excluding hydrogens is 1270 g/mol. The van der Waals surface area contributed by atoms with E-state index in [9.17, 15) is 57.5 Å². The second kappa shape index (κ2) is 40.1. The van der Waals surface area contributed by atoms with Crippen molar-refractivity contribution in [2.75, 3.05) is 26.8 Å². The van der Waals surface area contributed by atoms with E-state index in [1.807, 2.05) is 56.2 Å². The highest BCUT2D eigenvalue weighted by atomic mass is 31.0. The quantitative estimate of drug-likeness (QED) is 0.0270. The molecule has 30 nitrogen and oxygen atoms in total. The Kier molecular flexibility index (Phi) is 34.8. The van der Waals surface area contributed by atoms with Gasteiger partial charge in [-0.25, -0.2) is 4.79 Å². The summed E-state index contributed by atoms with van der Waals surface area (Å²) < 4.78 is 18.0.